The van der Waals surface area contributed by atoms with Gasteiger partial charge in [0, 0.05) is 13.0 Å². The summed E-state index contributed by atoms with van der Waals surface area (Å²) >= 11 is 0. The lowest BCUT2D eigenvalue weighted by Gasteiger charge is -2.33. The molecule has 0 aromatic rings. The highest BCUT2D eigenvalue weighted by molar-refractivity contribution is 5.76. The summed E-state index contributed by atoms with van der Waals surface area (Å²) in [6.07, 6.45) is 8.06. The van der Waals surface area contributed by atoms with Gasteiger partial charge >= 0.3 is 0 Å². The maximum absolute atomic E-state index is 11.8. The third-order valence-electron chi connectivity index (χ3n) is 4.16. The van der Waals surface area contributed by atoms with Crippen molar-refractivity contribution in [1.29, 1.82) is 0 Å². The summed E-state index contributed by atoms with van der Waals surface area (Å²) < 4.78 is 0. The molecular formula is C14H28N2O. The summed E-state index contributed by atoms with van der Waals surface area (Å²) in [5.41, 5.74) is 5.95. The van der Waals surface area contributed by atoms with Gasteiger partial charge in [0.05, 0.1) is 0 Å². The predicted octanol–water partition coefficient (Wildman–Crippen LogP) is 2.45. The molecule has 1 fully saturated rings. The van der Waals surface area contributed by atoms with Crippen LogP contribution < -0.4 is 11.1 Å². The Hall–Kier alpha value is -0.570. The summed E-state index contributed by atoms with van der Waals surface area (Å²) in [6.45, 7) is 5.84. The fraction of sp³-hybridized carbons (Fsp3) is 0.929. The summed E-state index contributed by atoms with van der Waals surface area (Å²) in [7, 11) is 0. The lowest BCUT2D eigenvalue weighted by atomic mass is 9.76. The largest absolute Gasteiger partial charge is 0.356 e. The normalized spacial score (nSPS) is 20.9. The Balaban J connectivity index is 2.27. The molecule has 0 aromatic heterocycles. The van der Waals surface area contributed by atoms with Gasteiger partial charge in [-0.15, -0.1) is 0 Å². The van der Waals surface area contributed by atoms with E-state index in [9.17, 15) is 4.79 Å². The van der Waals surface area contributed by atoms with E-state index in [0.717, 1.165) is 13.0 Å². The molecule has 0 aliphatic heterocycles. The van der Waals surface area contributed by atoms with E-state index >= 15 is 0 Å². The number of nitrogens with one attached hydrogen (secondary N) is 1. The van der Waals surface area contributed by atoms with E-state index in [0.29, 0.717) is 24.3 Å². The van der Waals surface area contributed by atoms with E-state index in [4.69, 9.17) is 5.73 Å². The summed E-state index contributed by atoms with van der Waals surface area (Å²) in [4.78, 5) is 11.8. The standard InChI is InChI=1S/C14H28N2O/c1-3-12(10-15)9-13(17)16-11-14(2)7-5-4-6-8-14/h12H,3-11,15H2,1-2H3,(H,16,17). The van der Waals surface area contributed by atoms with E-state index in [-0.39, 0.29) is 5.91 Å². The van der Waals surface area contributed by atoms with Gasteiger partial charge in [0.2, 0.25) is 5.91 Å². The van der Waals surface area contributed by atoms with Gasteiger partial charge in [0.15, 0.2) is 0 Å². The summed E-state index contributed by atoms with van der Waals surface area (Å²) in [5, 5.41) is 3.10. The summed E-state index contributed by atoms with van der Waals surface area (Å²) in [6, 6.07) is 0. The molecule has 1 aliphatic rings. The van der Waals surface area contributed by atoms with Crippen molar-refractivity contribution in [2.24, 2.45) is 17.1 Å². The van der Waals surface area contributed by atoms with Crippen molar-refractivity contribution in [2.45, 2.75) is 58.8 Å². The van der Waals surface area contributed by atoms with E-state index in [1.807, 2.05) is 0 Å². The number of hydrogen-bond donors (Lipinski definition) is 2. The molecule has 1 atom stereocenters. The van der Waals surface area contributed by atoms with Crippen LogP contribution in [0.25, 0.3) is 0 Å². The number of carbonyl (C=O) groups excluding carboxylic acids is 1. The van der Waals surface area contributed by atoms with Gasteiger partial charge in [-0.25, -0.2) is 0 Å². The molecule has 1 unspecified atom stereocenters. The number of carbonyl (C=O) groups is 1. The topological polar surface area (TPSA) is 55.1 Å². The zero-order valence-corrected chi connectivity index (χ0v) is 11.4. The Morgan fingerprint density at radius 3 is 2.53 bits per heavy atom. The Morgan fingerprint density at radius 2 is 2.00 bits per heavy atom. The summed E-state index contributed by atoms with van der Waals surface area (Å²) in [5.74, 6) is 0.517. The first kappa shape index (κ1) is 14.5. The zero-order chi connectivity index (χ0) is 12.7. The van der Waals surface area contributed by atoms with E-state index in [1.165, 1.54) is 32.1 Å². The number of rotatable bonds is 6. The van der Waals surface area contributed by atoms with Crippen molar-refractivity contribution in [1.82, 2.24) is 5.32 Å². The third kappa shape index (κ3) is 5.07. The highest BCUT2D eigenvalue weighted by atomic mass is 16.1. The number of amides is 1. The van der Waals surface area contributed by atoms with Crippen molar-refractivity contribution in [2.75, 3.05) is 13.1 Å². The van der Waals surface area contributed by atoms with Gasteiger partial charge in [-0.2, -0.15) is 0 Å². The van der Waals surface area contributed by atoms with Gasteiger partial charge in [-0.1, -0.05) is 39.5 Å². The van der Waals surface area contributed by atoms with Crippen LogP contribution in [0.2, 0.25) is 0 Å². The number of nitrogens with two attached hydrogens (primary N) is 1. The molecule has 0 aromatic carbocycles. The van der Waals surface area contributed by atoms with Crippen LogP contribution in [0.15, 0.2) is 0 Å². The first-order chi connectivity index (χ1) is 8.09. The molecule has 1 amide bonds. The first-order valence-corrected chi connectivity index (χ1v) is 7.06. The van der Waals surface area contributed by atoms with Crippen LogP contribution in [0, 0.1) is 11.3 Å². The Morgan fingerprint density at radius 1 is 1.35 bits per heavy atom. The second-order valence-electron chi connectivity index (χ2n) is 5.86. The molecule has 0 spiro atoms. The highest BCUT2D eigenvalue weighted by Crippen LogP contribution is 2.34. The third-order valence-corrected chi connectivity index (χ3v) is 4.16. The second kappa shape index (κ2) is 7.00. The Labute approximate surface area is 106 Å². The molecule has 0 saturated heterocycles. The molecule has 1 saturated carbocycles. The van der Waals surface area contributed by atoms with Crippen molar-refractivity contribution in [3.05, 3.63) is 0 Å². The van der Waals surface area contributed by atoms with Gasteiger partial charge in [0.25, 0.3) is 0 Å². The number of hydrogen-bond acceptors (Lipinski definition) is 2. The minimum Gasteiger partial charge on any atom is -0.356 e. The molecule has 0 radical (unpaired) electrons. The van der Waals surface area contributed by atoms with Gasteiger partial charge < -0.3 is 11.1 Å². The molecule has 1 rings (SSSR count). The maximum Gasteiger partial charge on any atom is 0.220 e. The second-order valence-corrected chi connectivity index (χ2v) is 5.86. The van der Waals surface area contributed by atoms with Crippen LogP contribution in [0.5, 0.6) is 0 Å². The molecule has 0 bridgehead atoms. The smallest absolute Gasteiger partial charge is 0.220 e. The monoisotopic (exact) mass is 240 g/mol. The van der Waals surface area contributed by atoms with Gasteiger partial charge in [0.1, 0.15) is 0 Å². The molecule has 1 aliphatic carbocycles. The lowest BCUT2D eigenvalue weighted by molar-refractivity contribution is -0.122. The van der Waals surface area contributed by atoms with Crippen LogP contribution >= 0.6 is 0 Å². The van der Waals surface area contributed by atoms with Crippen molar-refractivity contribution in [3.8, 4) is 0 Å². The Bertz CT molecular complexity index is 230. The molecule has 3 heteroatoms. The zero-order valence-electron chi connectivity index (χ0n) is 11.4. The lowest BCUT2D eigenvalue weighted by Crippen LogP contribution is -2.38. The van der Waals surface area contributed by atoms with Crippen LogP contribution in [0.1, 0.15) is 58.8 Å². The fourth-order valence-corrected chi connectivity index (χ4v) is 2.62. The predicted molar refractivity (Wildman–Crippen MR) is 71.7 cm³/mol. The maximum atomic E-state index is 11.8. The van der Waals surface area contributed by atoms with E-state index in [1.54, 1.807) is 0 Å². The average Bonchev–Trinajstić information content (AvgIpc) is 2.34. The molecule has 100 valence electrons. The van der Waals surface area contributed by atoms with Crippen molar-refractivity contribution < 1.29 is 4.79 Å². The molecule has 3 nitrogen and oxygen atoms in total. The average molecular weight is 240 g/mol. The fourth-order valence-electron chi connectivity index (χ4n) is 2.62. The van der Waals surface area contributed by atoms with Crippen molar-refractivity contribution >= 4 is 5.91 Å². The molecule has 3 N–H and O–H groups in total. The molecule has 0 heterocycles. The van der Waals surface area contributed by atoms with Crippen LogP contribution in [-0.2, 0) is 4.79 Å². The highest BCUT2D eigenvalue weighted by Gasteiger charge is 2.27. The van der Waals surface area contributed by atoms with E-state index < -0.39 is 0 Å². The Kier molecular flexibility index (Phi) is 5.96. The van der Waals surface area contributed by atoms with Crippen LogP contribution in [0.4, 0.5) is 0 Å². The minimum absolute atomic E-state index is 0.175. The van der Waals surface area contributed by atoms with Gasteiger partial charge in [-0.05, 0) is 30.7 Å². The SMILES string of the molecule is CCC(CN)CC(=O)NCC1(C)CCCCC1. The minimum atomic E-state index is 0.175. The first-order valence-electron chi connectivity index (χ1n) is 7.06. The van der Waals surface area contributed by atoms with Crippen LogP contribution in [-0.4, -0.2) is 19.0 Å². The van der Waals surface area contributed by atoms with Crippen molar-refractivity contribution in [3.63, 3.8) is 0 Å². The quantitative estimate of drug-likeness (QED) is 0.749. The molecule has 17 heavy (non-hydrogen) atoms. The molecular weight excluding hydrogens is 212 g/mol. The van der Waals surface area contributed by atoms with Gasteiger partial charge in [-0.3, -0.25) is 4.79 Å². The van der Waals surface area contributed by atoms with Crippen LogP contribution in [0.3, 0.4) is 0 Å². The van der Waals surface area contributed by atoms with E-state index in [2.05, 4.69) is 19.2 Å².